The summed E-state index contributed by atoms with van der Waals surface area (Å²) < 4.78 is 27.5. The Morgan fingerprint density at radius 2 is 1.89 bits per heavy atom. The average molecular weight is 347 g/mol. The van der Waals surface area contributed by atoms with Crippen LogP contribution < -0.4 is 5.32 Å². The SMILES string of the molecule is CC(Nc1ccc(F)cc1Cl)c1cc(Br)ccc1F. The van der Waals surface area contributed by atoms with Gasteiger partial charge in [0.15, 0.2) is 0 Å². The van der Waals surface area contributed by atoms with Crippen molar-refractivity contribution < 1.29 is 8.78 Å². The molecule has 5 heteroatoms. The summed E-state index contributed by atoms with van der Waals surface area (Å²) >= 11 is 9.23. The van der Waals surface area contributed by atoms with E-state index in [1.807, 2.05) is 6.92 Å². The fourth-order valence-electron chi connectivity index (χ4n) is 1.76. The van der Waals surface area contributed by atoms with Crippen molar-refractivity contribution in [3.63, 3.8) is 0 Å². The fraction of sp³-hybridized carbons (Fsp3) is 0.143. The Morgan fingerprint density at radius 3 is 2.58 bits per heavy atom. The van der Waals surface area contributed by atoms with Gasteiger partial charge in [0.05, 0.1) is 16.8 Å². The third-order valence-electron chi connectivity index (χ3n) is 2.73. The van der Waals surface area contributed by atoms with Gasteiger partial charge < -0.3 is 5.32 Å². The number of halogens is 4. The minimum atomic E-state index is -0.406. The number of anilines is 1. The van der Waals surface area contributed by atoms with Crippen LogP contribution in [0.25, 0.3) is 0 Å². The molecule has 0 aliphatic heterocycles. The van der Waals surface area contributed by atoms with Crippen LogP contribution in [0.1, 0.15) is 18.5 Å². The smallest absolute Gasteiger partial charge is 0.128 e. The molecule has 0 aromatic heterocycles. The van der Waals surface area contributed by atoms with E-state index in [1.54, 1.807) is 12.1 Å². The maximum atomic E-state index is 13.7. The molecular weight excluding hydrogens is 336 g/mol. The van der Waals surface area contributed by atoms with Crippen molar-refractivity contribution in [3.05, 3.63) is 63.1 Å². The Morgan fingerprint density at radius 1 is 1.16 bits per heavy atom. The van der Waals surface area contributed by atoms with E-state index >= 15 is 0 Å². The summed E-state index contributed by atoms with van der Waals surface area (Å²) in [6.07, 6.45) is 0. The molecule has 2 aromatic rings. The Labute approximate surface area is 123 Å². The summed E-state index contributed by atoms with van der Waals surface area (Å²) in [5.74, 6) is -0.710. The van der Waals surface area contributed by atoms with Gasteiger partial charge in [0.2, 0.25) is 0 Å². The molecule has 19 heavy (non-hydrogen) atoms. The number of nitrogens with one attached hydrogen (secondary N) is 1. The lowest BCUT2D eigenvalue weighted by atomic mass is 10.1. The van der Waals surface area contributed by atoms with Gasteiger partial charge >= 0.3 is 0 Å². The zero-order valence-corrected chi connectivity index (χ0v) is 12.4. The predicted molar refractivity (Wildman–Crippen MR) is 77.5 cm³/mol. The van der Waals surface area contributed by atoms with Crippen molar-refractivity contribution in [2.75, 3.05) is 5.32 Å². The van der Waals surface area contributed by atoms with Gasteiger partial charge in [-0.05, 0) is 43.3 Å². The lowest BCUT2D eigenvalue weighted by Crippen LogP contribution is -2.09. The van der Waals surface area contributed by atoms with Crippen molar-refractivity contribution in [2.45, 2.75) is 13.0 Å². The van der Waals surface area contributed by atoms with Crippen LogP contribution >= 0.6 is 27.5 Å². The first-order valence-electron chi connectivity index (χ1n) is 5.64. The van der Waals surface area contributed by atoms with Crippen LogP contribution in [0.5, 0.6) is 0 Å². The van der Waals surface area contributed by atoms with E-state index < -0.39 is 5.82 Å². The van der Waals surface area contributed by atoms with Crippen LogP contribution in [0.3, 0.4) is 0 Å². The summed E-state index contributed by atoms with van der Waals surface area (Å²) in [7, 11) is 0. The van der Waals surface area contributed by atoms with E-state index in [1.165, 1.54) is 24.3 Å². The number of rotatable bonds is 3. The second-order valence-electron chi connectivity index (χ2n) is 4.16. The third kappa shape index (κ3) is 3.45. The van der Waals surface area contributed by atoms with Gasteiger partial charge in [-0.25, -0.2) is 8.78 Å². The highest BCUT2D eigenvalue weighted by atomic mass is 79.9. The van der Waals surface area contributed by atoms with Crippen molar-refractivity contribution in [1.82, 2.24) is 0 Å². The summed E-state index contributed by atoms with van der Waals surface area (Å²) in [6, 6.07) is 8.49. The Bertz CT molecular complexity index is 604. The van der Waals surface area contributed by atoms with Gasteiger partial charge in [0.1, 0.15) is 11.6 Å². The van der Waals surface area contributed by atoms with Crippen LogP contribution in [0, 0.1) is 11.6 Å². The van der Waals surface area contributed by atoms with E-state index in [2.05, 4.69) is 21.2 Å². The van der Waals surface area contributed by atoms with Gasteiger partial charge in [-0.1, -0.05) is 27.5 Å². The standard InChI is InChI=1S/C14H11BrClF2N/c1-8(11-6-9(15)2-4-13(11)18)19-14-5-3-10(17)7-12(14)16/h2-8,19H,1H3. The molecule has 100 valence electrons. The number of hydrogen-bond acceptors (Lipinski definition) is 1. The van der Waals surface area contributed by atoms with E-state index in [0.29, 0.717) is 11.3 Å². The van der Waals surface area contributed by atoms with Crippen LogP contribution in [-0.2, 0) is 0 Å². The van der Waals surface area contributed by atoms with Gasteiger partial charge in [-0.3, -0.25) is 0 Å². The molecule has 0 spiro atoms. The van der Waals surface area contributed by atoms with E-state index in [9.17, 15) is 8.78 Å². The molecule has 0 saturated carbocycles. The highest BCUT2D eigenvalue weighted by molar-refractivity contribution is 9.10. The van der Waals surface area contributed by atoms with Crippen molar-refractivity contribution in [2.24, 2.45) is 0 Å². The topological polar surface area (TPSA) is 12.0 Å². The Hall–Kier alpha value is -1.13. The van der Waals surface area contributed by atoms with Gasteiger partial charge in [0, 0.05) is 10.0 Å². The first-order chi connectivity index (χ1) is 8.97. The summed E-state index contributed by atoms with van der Waals surface area (Å²) in [4.78, 5) is 0. The second kappa shape index (κ2) is 5.88. The maximum absolute atomic E-state index is 13.7. The summed E-state index contributed by atoms with van der Waals surface area (Å²) in [6.45, 7) is 1.81. The average Bonchev–Trinajstić information content (AvgIpc) is 2.35. The highest BCUT2D eigenvalue weighted by Crippen LogP contribution is 2.29. The summed E-state index contributed by atoms with van der Waals surface area (Å²) in [5.41, 5.74) is 1.07. The molecule has 1 atom stereocenters. The van der Waals surface area contributed by atoms with Crippen molar-refractivity contribution in [3.8, 4) is 0 Å². The first-order valence-corrected chi connectivity index (χ1v) is 6.81. The monoisotopic (exact) mass is 345 g/mol. The Kier molecular flexibility index (Phi) is 4.42. The molecule has 0 aliphatic rings. The molecule has 1 unspecified atom stereocenters. The van der Waals surface area contributed by atoms with Crippen LogP contribution in [0.2, 0.25) is 5.02 Å². The van der Waals surface area contributed by atoms with Crippen LogP contribution in [0.15, 0.2) is 40.9 Å². The molecule has 0 heterocycles. The highest BCUT2D eigenvalue weighted by Gasteiger charge is 2.13. The number of hydrogen-bond donors (Lipinski definition) is 1. The maximum Gasteiger partial charge on any atom is 0.128 e. The fourth-order valence-corrected chi connectivity index (χ4v) is 2.36. The van der Waals surface area contributed by atoms with E-state index in [0.717, 1.165) is 4.47 Å². The molecule has 0 aliphatic carbocycles. The van der Waals surface area contributed by atoms with Gasteiger partial charge in [0.25, 0.3) is 0 Å². The molecule has 0 saturated heterocycles. The minimum absolute atomic E-state index is 0.266. The predicted octanol–water partition coefficient (Wildman–Crippen LogP) is 5.55. The molecular formula is C14H11BrClF2N. The molecule has 2 aromatic carbocycles. The molecule has 0 fully saturated rings. The largest absolute Gasteiger partial charge is 0.377 e. The molecule has 1 nitrogen and oxygen atoms in total. The molecule has 0 bridgehead atoms. The molecule has 1 N–H and O–H groups in total. The summed E-state index contributed by atoms with van der Waals surface area (Å²) in [5, 5.41) is 3.33. The quantitative estimate of drug-likeness (QED) is 0.768. The lowest BCUT2D eigenvalue weighted by Gasteiger charge is -2.17. The van der Waals surface area contributed by atoms with Gasteiger partial charge in [-0.2, -0.15) is 0 Å². The molecule has 2 rings (SSSR count). The van der Waals surface area contributed by atoms with Gasteiger partial charge in [-0.15, -0.1) is 0 Å². The Balaban J connectivity index is 2.25. The van der Waals surface area contributed by atoms with E-state index in [-0.39, 0.29) is 16.9 Å². The second-order valence-corrected chi connectivity index (χ2v) is 5.48. The first kappa shape index (κ1) is 14.3. The molecule has 0 amide bonds. The van der Waals surface area contributed by atoms with Crippen molar-refractivity contribution in [1.29, 1.82) is 0 Å². The normalized spacial score (nSPS) is 12.3. The minimum Gasteiger partial charge on any atom is -0.377 e. The van der Waals surface area contributed by atoms with Crippen molar-refractivity contribution >= 4 is 33.2 Å². The zero-order valence-electron chi connectivity index (χ0n) is 10.1. The number of benzene rings is 2. The van der Waals surface area contributed by atoms with Crippen LogP contribution in [0.4, 0.5) is 14.5 Å². The van der Waals surface area contributed by atoms with E-state index in [4.69, 9.17) is 11.6 Å². The zero-order chi connectivity index (χ0) is 14.0. The lowest BCUT2D eigenvalue weighted by molar-refractivity contribution is 0.599. The molecule has 0 radical (unpaired) electrons. The van der Waals surface area contributed by atoms with Crippen LogP contribution in [-0.4, -0.2) is 0 Å². The third-order valence-corrected chi connectivity index (χ3v) is 3.53.